The Morgan fingerprint density at radius 1 is 1.38 bits per heavy atom. The fraction of sp³-hybridized carbons (Fsp3) is 0.364. The largest absolute Gasteiger partial charge is 0.362 e. The van der Waals surface area contributed by atoms with Crippen LogP contribution >= 0.6 is 0 Å². The second-order valence-corrected chi connectivity index (χ2v) is 3.40. The van der Waals surface area contributed by atoms with E-state index < -0.39 is 0 Å². The van der Waals surface area contributed by atoms with Gasteiger partial charge in [-0.3, -0.25) is 0 Å². The van der Waals surface area contributed by atoms with Crippen LogP contribution in [0.15, 0.2) is 12.8 Å². The molecule has 0 saturated heterocycles. The molecule has 1 heterocycles. The summed E-state index contributed by atoms with van der Waals surface area (Å²) in [5.41, 5.74) is 3.60. The fourth-order valence-electron chi connectivity index (χ4n) is 1.31. The van der Waals surface area contributed by atoms with Crippen molar-refractivity contribution in [1.29, 1.82) is 0 Å². The lowest BCUT2D eigenvalue weighted by molar-refractivity contribution is 1.05. The minimum absolute atomic E-state index is 0.984. The molecule has 0 unspecified atom stereocenters. The van der Waals surface area contributed by atoms with E-state index in [1.165, 1.54) is 11.1 Å². The molecule has 0 spiro atoms. The van der Waals surface area contributed by atoms with Crippen LogP contribution < -0.4 is 4.90 Å². The fourth-order valence-corrected chi connectivity index (χ4v) is 1.31. The maximum atomic E-state index is 4.36. The molecule has 13 heavy (non-hydrogen) atoms. The van der Waals surface area contributed by atoms with Crippen molar-refractivity contribution in [2.45, 2.75) is 13.8 Å². The van der Waals surface area contributed by atoms with Crippen molar-refractivity contribution in [2.75, 3.05) is 19.0 Å². The van der Waals surface area contributed by atoms with E-state index in [0.29, 0.717) is 0 Å². The van der Waals surface area contributed by atoms with E-state index in [9.17, 15) is 0 Å². The Labute approximate surface area is 79.9 Å². The van der Waals surface area contributed by atoms with Gasteiger partial charge in [0.05, 0.1) is 0 Å². The third-order valence-corrected chi connectivity index (χ3v) is 2.24. The minimum atomic E-state index is 0.984. The molecule has 0 aromatic carbocycles. The third-order valence-electron chi connectivity index (χ3n) is 2.24. The van der Waals surface area contributed by atoms with Gasteiger partial charge in [-0.25, -0.2) is 4.98 Å². The van der Waals surface area contributed by atoms with Gasteiger partial charge < -0.3 is 4.90 Å². The molecule has 0 aliphatic rings. The van der Waals surface area contributed by atoms with Crippen molar-refractivity contribution >= 4 is 11.9 Å². The van der Waals surface area contributed by atoms with Crippen LogP contribution in [0, 0.1) is 13.8 Å². The summed E-state index contributed by atoms with van der Waals surface area (Å²) in [5.74, 6) is 0.984. The average Bonchev–Trinajstić information content (AvgIpc) is 2.09. The zero-order valence-corrected chi connectivity index (χ0v) is 8.76. The van der Waals surface area contributed by atoms with Crippen molar-refractivity contribution in [3.05, 3.63) is 29.5 Å². The molecular formula is C11H16N2. The third kappa shape index (κ3) is 1.72. The van der Waals surface area contributed by atoms with Crippen LogP contribution in [0.4, 0.5) is 5.82 Å². The van der Waals surface area contributed by atoms with E-state index in [0.717, 1.165) is 11.4 Å². The summed E-state index contributed by atoms with van der Waals surface area (Å²) in [6.07, 6.45) is 3.77. The van der Waals surface area contributed by atoms with Crippen LogP contribution in [0.5, 0.6) is 0 Å². The SMILES string of the molecule is C=Cc1c(N(C)C)ncc(C)c1C. The van der Waals surface area contributed by atoms with Gasteiger partial charge in [0.15, 0.2) is 0 Å². The predicted molar refractivity (Wildman–Crippen MR) is 58.1 cm³/mol. The van der Waals surface area contributed by atoms with Crippen LogP contribution in [-0.4, -0.2) is 19.1 Å². The molecule has 1 aromatic rings. The summed E-state index contributed by atoms with van der Waals surface area (Å²) in [7, 11) is 3.98. The number of rotatable bonds is 2. The highest BCUT2D eigenvalue weighted by atomic mass is 15.1. The van der Waals surface area contributed by atoms with Crippen LogP contribution in [0.25, 0.3) is 6.08 Å². The monoisotopic (exact) mass is 176 g/mol. The van der Waals surface area contributed by atoms with Crippen molar-refractivity contribution in [3.63, 3.8) is 0 Å². The normalized spacial score (nSPS) is 9.85. The molecule has 1 rings (SSSR count). The van der Waals surface area contributed by atoms with Gasteiger partial charge in [-0.1, -0.05) is 12.7 Å². The van der Waals surface area contributed by atoms with Gasteiger partial charge in [0, 0.05) is 25.9 Å². The van der Waals surface area contributed by atoms with E-state index in [-0.39, 0.29) is 0 Å². The van der Waals surface area contributed by atoms with E-state index >= 15 is 0 Å². The molecule has 0 saturated carbocycles. The number of pyridine rings is 1. The number of hydrogen-bond donors (Lipinski definition) is 0. The Bertz CT molecular complexity index is 327. The Morgan fingerprint density at radius 2 is 2.00 bits per heavy atom. The molecule has 0 aliphatic carbocycles. The molecule has 0 bridgehead atoms. The molecule has 2 nitrogen and oxygen atoms in total. The second-order valence-electron chi connectivity index (χ2n) is 3.40. The lowest BCUT2D eigenvalue weighted by atomic mass is 10.1. The van der Waals surface area contributed by atoms with Crippen LogP contribution in [0.2, 0.25) is 0 Å². The molecule has 0 radical (unpaired) electrons. The Balaban J connectivity index is 3.38. The second kappa shape index (κ2) is 3.60. The average molecular weight is 176 g/mol. The van der Waals surface area contributed by atoms with Gasteiger partial charge in [0.1, 0.15) is 5.82 Å². The Morgan fingerprint density at radius 3 is 2.46 bits per heavy atom. The Kier molecular flexibility index (Phi) is 2.71. The molecule has 2 heteroatoms. The number of aromatic nitrogens is 1. The van der Waals surface area contributed by atoms with Gasteiger partial charge in [0.2, 0.25) is 0 Å². The zero-order chi connectivity index (χ0) is 10.0. The maximum absolute atomic E-state index is 4.36. The van der Waals surface area contributed by atoms with Gasteiger partial charge in [-0.15, -0.1) is 0 Å². The van der Waals surface area contributed by atoms with Crippen LogP contribution in [-0.2, 0) is 0 Å². The highest BCUT2D eigenvalue weighted by molar-refractivity contribution is 5.66. The van der Waals surface area contributed by atoms with Crippen molar-refractivity contribution < 1.29 is 0 Å². The Hall–Kier alpha value is -1.31. The van der Waals surface area contributed by atoms with Gasteiger partial charge in [-0.05, 0) is 25.0 Å². The summed E-state index contributed by atoms with van der Waals surface area (Å²) in [6, 6.07) is 0. The first-order valence-corrected chi connectivity index (χ1v) is 4.34. The molecular weight excluding hydrogens is 160 g/mol. The van der Waals surface area contributed by atoms with Crippen LogP contribution in [0.3, 0.4) is 0 Å². The maximum Gasteiger partial charge on any atom is 0.135 e. The highest BCUT2D eigenvalue weighted by Gasteiger charge is 2.07. The van der Waals surface area contributed by atoms with Crippen molar-refractivity contribution in [2.24, 2.45) is 0 Å². The first-order chi connectivity index (χ1) is 6.07. The van der Waals surface area contributed by atoms with Gasteiger partial charge in [0.25, 0.3) is 0 Å². The van der Waals surface area contributed by atoms with E-state index in [2.05, 4.69) is 25.4 Å². The molecule has 0 aliphatic heterocycles. The number of nitrogens with zero attached hydrogens (tertiary/aromatic N) is 2. The lowest BCUT2D eigenvalue weighted by Gasteiger charge is -2.16. The summed E-state index contributed by atoms with van der Waals surface area (Å²) in [5, 5.41) is 0. The molecule has 1 aromatic heterocycles. The molecule has 0 amide bonds. The standard InChI is InChI=1S/C11H16N2/c1-6-10-9(3)8(2)7-12-11(10)13(4)5/h6-7H,1H2,2-5H3. The van der Waals surface area contributed by atoms with Crippen molar-refractivity contribution in [1.82, 2.24) is 4.98 Å². The quantitative estimate of drug-likeness (QED) is 0.688. The first-order valence-electron chi connectivity index (χ1n) is 4.34. The zero-order valence-electron chi connectivity index (χ0n) is 8.76. The van der Waals surface area contributed by atoms with Crippen molar-refractivity contribution in [3.8, 4) is 0 Å². The van der Waals surface area contributed by atoms with E-state index in [4.69, 9.17) is 0 Å². The highest BCUT2D eigenvalue weighted by Crippen LogP contribution is 2.22. The van der Waals surface area contributed by atoms with Gasteiger partial charge in [-0.2, -0.15) is 0 Å². The smallest absolute Gasteiger partial charge is 0.135 e. The predicted octanol–water partition coefficient (Wildman–Crippen LogP) is 2.41. The molecule has 0 N–H and O–H groups in total. The topological polar surface area (TPSA) is 16.1 Å². The number of hydrogen-bond acceptors (Lipinski definition) is 2. The summed E-state index contributed by atoms with van der Waals surface area (Å²) in [4.78, 5) is 6.37. The molecule has 0 fully saturated rings. The first kappa shape index (κ1) is 9.78. The minimum Gasteiger partial charge on any atom is -0.362 e. The lowest BCUT2D eigenvalue weighted by Crippen LogP contribution is -2.13. The summed E-state index contributed by atoms with van der Waals surface area (Å²) in [6.45, 7) is 7.97. The summed E-state index contributed by atoms with van der Waals surface area (Å²) >= 11 is 0. The number of anilines is 1. The van der Waals surface area contributed by atoms with E-state index in [1.54, 1.807) is 0 Å². The molecule has 0 atom stereocenters. The van der Waals surface area contributed by atoms with E-state index in [1.807, 2.05) is 31.3 Å². The summed E-state index contributed by atoms with van der Waals surface area (Å²) < 4.78 is 0. The molecule has 70 valence electrons. The van der Waals surface area contributed by atoms with Crippen LogP contribution in [0.1, 0.15) is 16.7 Å². The number of aryl methyl sites for hydroxylation is 1. The van der Waals surface area contributed by atoms with Gasteiger partial charge >= 0.3 is 0 Å².